The molecule has 0 radical (unpaired) electrons. The summed E-state index contributed by atoms with van der Waals surface area (Å²) in [6.45, 7) is 5.00. The molecule has 5 heteroatoms. The van der Waals surface area contributed by atoms with Gasteiger partial charge in [0.15, 0.2) is 5.13 Å². The van der Waals surface area contributed by atoms with Crippen LogP contribution in [0.2, 0.25) is 0 Å². The van der Waals surface area contributed by atoms with Crippen LogP contribution < -0.4 is 10.2 Å². The number of pyridine rings is 1. The Balaban J connectivity index is 1.90. The molecule has 0 saturated heterocycles. The molecular formula is C14H20N4S. The Bertz CT molecular complexity index is 483. The molecule has 0 aliphatic carbocycles. The Kier molecular flexibility index (Phi) is 5.30. The molecule has 102 valence electrons. The minimum atomic E-state index is 0.859. The first-order valence-electron chi connectivity index (χ1n) is 6.55. The van der Waals surface area contributed by atoms with Crippen molar-refractivity contribution in [2.24, 2.45) is 0 Å². The number of rotatable bonds is 7. The van der Waals surface area contributed by atoms with Gasteiger partial charge in [-0.3, -0.25) is 4.98 Å². The number of anilines is 1. The van der Waals surface area contributed by atoms with E-state index in [9.17, 15) is 0 Å². The summed E-state index contributed by atoms with van der Waals surface area (Å²) in [5, 5.41) is 4.46. The minimum absolute atomic E-state index is 0.859. The SMILES string of the molecule is CCCNCc1cnc(N(C)Cc2ccncc2)s1. The minimum Gasteiger partial charge on any atom is -0.347 e. The van der Waals surface area contributed by atoms with Gasteiger partial charge in [0.2, 0.25) is 0 Å². The highest BCUT2D eigenvalue weighted by Crippen LogP contribution is 2.22. The van der Waals surface area contributed by atoms with Crippen molar-refractivity contribution < 1.29 is 0 Å². The summed E-state index contributed by atoms with van der Waals surface area (Å²) in [6.07, 6.45) is 6.77. The number of nitrogens with zero attached hydrogens (tertiary/aromatic N) is 3. The number of nitrogens with one attached hydrogen (secondary N) is 1. The van der Waals surface area contributed by atoms with E-state index in [1.165, 1.54) is 10.4 Å². The third-order valence-electron chi connectivity index (χ3n) is 2.76. The summed E-state index contributed by atoms with van der Waals surface area (Å²) >= 11 is 1.75. The van der Waals surface area contributed by atoms with Crippen LogP contribution in [-0.4, -0.2) is 23.6 Å². The Morgan fingerprint density at radius 2 is 2.11 bits per heavy atom. The molecule has 0 aromatic carbocycles. The fourth-order valence-corrected chi connectivity index (χ4v) is 2.61. The number of hydrogen-bond donors (Lipinski definition) is 1. The maximum absolute atomic E-state index is 4.48. The summed E-state index contributed by atoms with van der Waals surface area (Å²) in [5.74, 6) is 0. The van der Waals surface area contributed by atoms with E-state index >= 15 is 0 Å². The van der Waals surface area contributed by atoms with Crippen molar-refractivity contribution in [1.29, 1.82) is 0 Å². The maximum atomic E-state index is 4.48. The molecule has 0 saturated carbocycles. The molecule has 0 fully saturated rings. The van der Waals surface area contributed by atoms with Crippen LogP contribution in [0.5, 0.6) is 0 Å². The van der Waals surface area contributed by atoms with Crippen molar-refractivity contribution in [2.45, 2.75) is 26.4 Å². The molecule has 2 aromatic heterocycles. The van der Waals surface area contributed by atoms with Gasteiger partial charge in [0.1, 0.15) is 0 Å². The summed E-state index contributed by atoms with van der Waals surface area (Å²) in [5.41, 5.74) is 1.25. The van der Waals surface area contributed by atoms with Gasteiger partial charge in [0.25, 0.3) is 0 Å². The highest BCUT2D eigenvalue weighted by Gasteiger charge is 2.07. The Hall–Kier alpha value is -1.46. The highest BCUT2D eigenvalue weighted by molar-refractivity contribution is 7.15. The van der Waals surface area contributed by atoms with E-state index in [0.717, 1.165) is 31.2 Å². The monoisotopic (exact) mass is 276 g/mol. The molecule has 19 heavy (non-hydrogen) atoms. The lowest BCUT2D eigenvalue weighted by Crippen LogP contribution is -2.15. The van der Waals surface area contributed by atoms with Gasteiger partial charge in [-0.25, -0.2) is 4.98 Å². The predicted octanol–water partition coefficient (Wildman–Crippen LogP) is 2.67. The summed E-state index contributed by atoms with van der Waals surface area (Å²) in [7, 11) is 2.07. The van der Waals surface area contributed by atoms with Gasteiger partial charge in [-0.15, -0.1) is 11.3 Å². The van der Waals surface area contributed by atoms with Crippen molar-refractivity contribution in [3.8, 4) is 0 Å². The second kappa shape index (κ2) is 7.21. The zero-order valence-electron chi connectivity index (χ0n) is 11.5. The van der Waals surface area contributed by atoms with Crippen LogP contribution in [0.25, 0.3) is 0 Å². The number of aromatic nitrogens is 2. The largest absolute Gasteiger partial charge is 0.347 e. The van der Waals surface area contributed by atoms with Crippen molar-refractivity contribution >= 4 is 16.5 Å². The third kappa shape index (κ3) is 4.29. The summed E-state index contributed by atoms with van der Waals surface area (Å²) in [4.78, 5) is 12.0. The van der Waals surface area contributed by atoms with Gasteiger partial charge in [0, 0.05) is 43.6 Å². The quantitative estimate of drug-likeness (QED) is 0.789. The van der Waals surface area contributed by atoms with Crippen LogP contribution in [-0.2, 0) is 13.1 Å². The highest BCUT2D eigenvalue weighted by atomic mass is 32.1. The molecule has 2 rings (SSSR count). The molecule has 0 unspecified atom stereocenters. The molecule has 0 atom stereocenters. The first kappa shape index (κ1) is 14.0. The third-order valence-corrected chi connectivity index (χ3v) is 3.87. The molecule has 1 N–H and O–H groups in total. The van der Waals surface area contributed by atoms with Crippen LogP contribution in [0.1, 0.15) is 23.8 Å². The van der Waals surface area contributed by atoms with Crippen molar-refractivity contribution in [1.82, 2.24) is 15.3 Å². The van der Waals surface area contributed by atoms with E-state index in [1.807, 2.05) is 30.7 Å². The molecule has 0 bridgehead atoms. The fourth-order valence-electron chi connectivity index (χ4n) is 1.77. The van der Waals surface area contributed by atoms with E-state index in [-0.39, 0.29) is 0 Å². The average Bonchev–Trinajstić information content (AvgIpc) is 2.89. The molecule has 2 aromatic rings. The van der Waals surface area contributed by atoms with Crippen molar-refractivity contribution in [3.63, 3.8) is 0 Å². The van der Waals surface area contributed by atoms with Gasteiger partial charge in [-0.1, -0.05) is 6.92 Å². The second-order valence-electron chi connectivity index (χ2n) is 4.50. The lowest BCUT2D eigenvalue weighted by molar-refractivity contribution is 0.681. The zero-order valence-corrected chi connectivity index (χ0v) is 12.3. The van der Waals surface area contributed by atoms with Gasteiger partial charge in [-0.05, 0) is 30.7 Å². The van der Waals surface area contributed by atoms with E-state index < -0.39 is 0 Å². The van der Waals surface area contributed by atoms with E-state index in [0.29, 0.717) is 0 Å². The molecule has 0 aliphatic heterocycles. The maximum Gasteiger partial charge on any atom is 0.185 e. The Labute approximate surface area is 118 Å². The lowest BCUT2D eigenvalue weighted by Gasteiger charge is -2.15. The first-order chi connectivity index (χ1) is 9.29. The first-order valence-corrected chi connectivity index (χ1v) is 7.36. The van der Waals surface area contributed by atoms with Crippen molar-refractivity contribution in [3.05, 3.63) is 41.2 Å². The van der Waals surface area contributed by atoms with Gasteiger partial charge in [-0.2, -0.15) is 0 Å². The predicted molar refractivity (Wildman–Crippen MR) is 80.5 cm³/mol. The number of thiazole rings is 1. The second-order valence-corrected chi connectivity index (χ2v) is 5.59. The lowest BCUT2D eigenvalue weighted by atomic mass is 10.2. The van der Waals surface area contributed by atoms with Crippen LogP contribution in [0.15, 0.2) is 30.7 Å². The van der Waals surface area contributed by atoms with Crippen LogP contribution in [0.3, 0.4) is 0 Å². The van der Waals surface area contributed by atoms with Crippen LogP contribution >= 0.6 is 11.3 Å². The Morgan fingerprint density at radius 1 is 1.32 bits per heavy atom. The summed E-state index contributed by atoms with van der Waals surface area (Å²) in [6, 6.07) is 4.07. The zero-order chi connectivity index (χ0) is 13.5. The average molecular weight is 276 g/mol. The van der Waals surface area contributed by atoms with Crippen LogP contribution in [0, 0.1) is 0 Å². The topological polar surface area (TPSA) is 41.1 Å². The molecule has 0 spiro atoms. The van der Waals surface area contributed by atoms with Crippen molar-refractivity contribution in [2.75, 3.05) is 18.5 Å². The summed E-state index contributed by atoms with van der Waals surface area (Å²) < 4.78 is 0. The molecular weight excluding hydrogens is 256 g/mol. The van der Waals surface area contributed by atoms with Gasteiger partial charge >= 0.3 is 0 Å². The van der Waals surface area contributed by atoms with Crippen LogP contribution in [0.4, 0.5) is 5.13 Å². The van der Waals surface area contributed by atoms with E-state index in [2.05, 4.69) is 34.2 Å². The molecule has 2 heterocycles. The molecule has 4 nitrogen and oxygen atoms in total. The molecule has 0 amide bonds. The molecule has 0 aliphatic rings. The fraction of sp³-hybridized carbons (Fsp3) is 0.429. The smallest absolute Gasteiger partial charge is 0.185 e. The Morgan fingerprint density at radius 3 is 2.84 bits per heavy atom. The van der Waals surface area contributed by atoms with Gasteiger partial charge < -0.3 is 10.2 Å². The van der Waals surface area contributed by atoms with Gasteiger partial charge in [0.05, 0.1) is 0 Å². The van der Waals surface area contributed by atoms with E-state index in [1.54, 1.807) is 11.3 Å². The standard InChI is InChI=1S/C14H20N4S/c1-3-6-16-9-13-10-17-14(19-13)18(2)11-12-4-7-15-8-5-12/h4-5,7-8,10,16H,3,6,9,11H2,1-2H3. The normalized spacial score (nSPS) is 10.6. The van der Waals surface area contributed by atoms with E-state index in [4.69, 9.17) is 0 Å². The number of hydrogen-bond acceptors (Lipinski definition) is 5.